The summed E-state index contributed by atoms with van der Waals surface area (Å²) in [5.74, 6) is -1.29. The molecule has 0 unspecified atom stereocenters. The highest BCUT2D eigenvalue weighted by Gasteiger charge is 2.40. The van der Waals surface area contributed by atoms with Crippen LogP contribution >= 0.6 is 0 Å². The van der Waals surface area contributed by atoms with Crippen molar-refractivity contribution < 1.29 is 36.6 Å². The number of pyridine rings is 3. The van der Waals surface area contributed by atoms with E-state index in [2.05, 4.69) is 15.3 Å². The Bertz CT molecular complexity index is 1610. The molecule has 0 spiro atoms. The number of carbonyl (C=O) groups is 2. The molecule has 15 heteroatoms. The second-order valence-corrected chi connectivity index (χ2v) is 11.4. The zero-order valence-electron chi connectivity index (χ0n) is 26.6. The first kappa shape index (κ1) is 33.8. The smallest absolute Gasteiger partial charge is 0.434 e. The average Bonchev–Trinajstić information content (AvgIpc) is 3.38. The van der Waals surface area contributed by atoms with Gasteiger partial charge in [-0.1, -0.05) is 6.92 Å². The number of halogens is 4. The largest absolute Gasteiger partial charge is 0.481 e. The molecule has 0 aromatic carbocycles. The molecule has 1 N–H and O–H groups in total. The van der Waals surface area contributed by atoms with Crippen LogP contribution in [-0.4, -0.2) is 108 Å². The number of amides is 2. The number of piperazine rings is 1. The molecule has 2 saturated heterocycles. The molecule has 0 aliphatic carbocycles. The van der Waals surface area contributed by atoms with E-state index in [4.69, 9.17) is 14.5 Å². The van der Waals surface area contributed by atoms with E-state index < -0.39 is 41.5 Å². The third kappa shape index (κ3) is 7.24. The van der Waals surface area contributed by atoms with Crippen molar-refractivity contribution >= 4 is 17.5 Å². The zero-order chi connectivity index (χ0) is 33.9. The van der Waals surface area contributed by atoms with Gasteiger partial charge < -0.3 is 29.5 Å². The van der Waals surface area contributed by atoms with Crippen molar-refractivity contribution in [1.82, 2.24) is 30.1 Å². The van der Waals surface area contributed by atoms with Crippen molar-refractivity contribution in [2.24, 2.45) is 0 Å². The fourth-order valence-corrected chi connectivity index (χ4v) is 5.98. The van der Waals surface area contributed by atoms with E-state index in [0.717, 1.165) is 6.07 Å². The number of aromatic nitrogens is 3. The SMILES string of the molecule is CCOc1ncccc1-c1ccc(N2CCN(C(=O)c3ccc(OC)nc3C(F)(F)F)C[C@H]2CC)c(C(=O)N[C@@H]2CN(C)C[C@H]2F)n1. The minimum atomic E-state index is -4.87. The number of hydrogen-bond acceptors (Lipinski definition) is 9. The second-order valence-electron chi connectivity index (χ2n) is 11.4. The number of likely N-dealkylation sites (N-methyl/N-ethyl adjacent to an activating group) is 1. The predicted octanol–water partition coefficient (Wildman–Crippen LogP) is 4.09. The fraction of sp³-hybridized carbons (Fsp3) is 0.469. The Morgan fingerprint density at radius 1 is 1.04 bits per heavy atom. The summed E-state index contributed by atoms with van der Waals surface area (Å²) >= 11 is 0. The summed E-state index contributed by atoms with van der Waals surface area (Å²) in [6.07, 6.45) is -4.05. The lowest BCUT2D eigenvalue weighted by atomic mass is 10.0. The fourth-order valence-electron chi connectivity index (χ4n) is 5.98. The van der Waals surface area contributed by atoms with E-state index in [1.165, 1.54) is 18.1 Å². The number of hydrogen-bond donors (Lipinski definition) is 1. The molecule has 47 heavy (non-hydrogen) atoms. The number of rotatable bonds is 9. The molecule has 2 amide bonds. The van der Waals surface area contributed by atoms with Gasteiger partial charge in [0, 0.05) is 51.0 Å². The van der Waals surface area contributed by atoms with Crippen LogP contribution in [0.5, 0.6) is 11.8 Å². The van der Waals surface area contributed by atoms with Crippen molar-refractivity contribution in [1.29, 1.82) is 0 Å². The highest BCUT2D eigenvalue weighted by molar-refractivity contribution is 5.99. The maximum absolute atomic E-state index is 14.7. The average molecular weight is 660 g/mol. The summed E-state index contributed by atoms with van der Waals surface area (Å²) in [5, 5.41) is 2.80. The van der Waals surface area contributed by atoms with Gasteiger partial charge in [-0.05, 0) is 50.7 Å². The summed E-state index contributed by atoms with van der Waals surface area (Å²) < 4.78 is 66.9. The molecule has 0 bridgehead atoms. The van der Waals surface area contributed by atoms with Gasteiger partial charge >= 0.3 is 6.18 Å². The number of nitrogens with zero attached hydrogens (tertiary/aromatic N) is 6. The number of anilines is 1. The lowest BCUT2D eigenvalue weighted by Crippen LogP contribution is -2.55. The number of carbonyl (C=O) groups excluding carboxylic acids is 2. The Morgan fingerprint density at radius 2 is 1.83 bits per heavy atom. The third-order valence-electron chi connectivity index (χ3n) is 8.29. The minimum Gasteiger partial charge on any atom is -0.481 e. The molecule has 2 fully saturated rings. The monoisotopic (exact) mass is 659 g/mol. The summed E-state index contributed by atoms with van der Waals surface area (Å²) in [4.78, 5) is 44.9. The molecular formula is C32H37F4N7O4. The number of alkyl halides is 4. The van der Waals surface area contributed by atoms with Crippen LogP contribution < -0.4 is 19.7 Å². The second kappa shape index (κ2) is 14.1. The van der Waals surface area contributed by atoms with Gasteiger partial charge in [0.2, 0.25) is 11.8 Å². The highest BCUT2D eigenvalue weighted by atomic mass is 19.4. The molecule has 2 aliphatic heterocycles. The van der Waals surface area contributed by atoms with Crippen molar-refractivity contribution in [2.45, 2.75) is 44.7 Å². The van der Waals surface area contributed by atoms with Crippen LogP contribution in [0.4, 0.5) is 23.2 Å². The van der Waals surface area contributed by atoms with E-state index >= 15 is 0 Å². The van der Waals surface area contributed by atoms with E-state index in [0.29, 0.717) is 42.4 Å². The molecule has 5 rings (SSSR count). The number of ether oxygens (including phenoxy) is 2. The molecule has 2 aliphatic rings. The minimum absolute atomic E-state index is 0.0486. The lowest BCUT2D eigenvalue weighted by molar-refractivity contribution is -0.141. The van der Waals surface area contributed by atoms with Gasteiger partial charge in [-0.2, -0.15) is 13.2 Å². The predicted molar refractivity (Wildman–Crippen MR) is 165 cm³/mol. The first-order valence-corrected chi connectivity index (χ1v) is 15.4. The molecule has 3 aromatic rings. The van der Waals surface area contributed by atoms with Gasteiger partial charge in [0.05, 0.1) is 42.3 Å². The van der Waals surface area contributed by atoms with E-state index in [1.807, 2.05) is 18.7 Å². The molecule has 0 saturated carbocycles. The summed E-state index contributed by atoms with van der Waals surface area (Å²) in [7, 11) is 2.97. The number of nitrogens with one attached hydrogen (secondary N) is 1. The summed E-state index contributed by atoms with van der Waals surface area (Å²) in [6, 6.07) is 8.14. The standard InChI is InChI=1S/C32H37F4N7O4/c1-5-19-16-42(31(45)21-9-12-26(46-4)40-28(21)32(34,35)36)14-15-43(19)25-11-10-23(20-8-7-13-37-30(20)47-6-2)38-27(25)29(44)39-24-18-41(3)17-22(24)33/h7-13,19,22,24H,5-6,14-18H2,1-4H3,(H,39,44)/t19-,22-,24-/m1/s1. The van der Waals surface area contributed by atoms with Gasteiger partial charge in [-0.15, -0.1) is 0 Å². The molecule has 3 aromatic heterocycles. The Morgan fingerprint density at radius 3 is 2.49 bits per heavy atom. The van der Waals surface area contributed by atoms with Crippen molar-refractivity contribution in [3.63, 3.8) is 0 Å². The van der Waals surface area contributed by atoms with Gasteiger partial charge in [0.25, 0.3) is 11.8 Å². The Hall–Kier alpha value is -4.53. The van der Waals surface area contributed by atoms with Gasteiger partial charge in [0.15, 0.2) is 11.4 Å². The number of methoxy groups -OCH3 is 1. The van der Waals surface area contributed by atoms with Crippen LogP contribution in [0, 0.1) is 0 Å². The van der Waals surface area contributed by atoms with Crippen LogP contribution in [-0.2, 0) is 6.18 Å². The van der Waals surface area contributed by atoms with Gasteiger partial charge in [0.1, 0.15) is 6.17 Å². The Kier molecular flexibility index (Phi) is 10.1. The lowest BCUT2D eigenvalue weighted by Gasteiger charge is -2.43. The van der Waals surface area contributed by atoms with Crippen molar-refractivity contribution in [3.8, 4) is 23.0 Å². The third-order valence-corrected chi connectivity index (χ3v) is 8.29. The summed E-state index contributed by atoms with van der Waals surface area (Å²) in [5.41, 5.74) is -0.402. The van der Waals surface area contributed by atoms with Crippen LogP contribution in [0.3, 0.4) is 0 Å². The first-order valence-electron chi connectivity index (χ1n) is 15.4. The van der Waals surface area contributed by atoms with Crippen LogP contribution in [0.2, 0.25) is 0 Å². The van der Waals surface area contributed by atoms with Crippen LogP contribution in [0.1, 0.15) is 46.8 Å². The van der Waals surface area contributed by atoms with Crippen molar-refractivity contribution in [3.05, 3.63) is 59.5 Å². The first-order chi connectivity index (χ1) is 22.4. The quantitative estimate of drug-likeness (QED) is 0.340. The molecule has 3 atom stereocenters. The van der Waals surface area contributed by atoms with E-state index in [9.17, 15) is 27.2 Å². The van der Waals surface area contributed by atoms with Crippen LogP contribution in [0.25, 0.3) is 11.3 Å². The highest BCUT2D eigenvalue weighted by Crippen LogP contribution is 2.35. The van der Waals surface area contributed by atoms with Gasteiger partial charge in [-0.25, -0.2) is 19.3 Å². The zero-order valence-corrected chi connectivity index (χ0v) is 26.6. The molecule has 5 heterocycles. The number of likely N-dealkylation sites (tertiary alicyclic amines) is 1. The molecular weight excluding hydrogens is 622 g/mol. The topological polar surface area (TPSA) is 113 Å². The van der Waals surface area contributed by atoms with Gasteiger partial charge in [-0.3, -0.25) is 9.59 Å². The summed E-state index contributed by atoms with van der Waals surface area (Å²) in [6.45, 7) is 4.94. The Balaban J connectivity index is 1.47. The van der Waals surface area contributed by atoms with Crippen LogP contribution in [0.15, 0.2) is 42.6 Å². The maximum atomic E-state index is 14.7. The van der Waals surface area contributed by atoms with E-state index in [-0.39, 0.29) is 43.8 Å². The maximum Gasteiger partial charge on any atom is 0.434 e. The van der Waals surface area contributed by atoms with Crippen molar-refractivity contribution in [2.75, 3.05) is 58.4 Å². The molecule has 252 valence electrons. The molecule has 0 radical (unpaired) electrons. The van der Waals surface area contributed by atoms with E-state index in [1.54, 1.807) is 42.4 Å². The molecule has 11 nitrogen and oxygen atoms in total. The Labute approximate surface area is 269 Å². The normalized spacial score (nSPS) is 20.3.